The van der Waals surface area contributed by atoms with Crippen molar-refractivity contribution >= 4 is 40.0 Å². The molecule has 3 aromatic rings. The van der Waals surface area contributed by atoms with E-state index < -0.39 is 5.25 Å². The van der Waals surface area contributed by atoms with Crippen LogP contribution in [0.2, 0.25) is 0 Å². The molecular weight excluding hydrogens is 432 g/mol. The van der Waals surface area contributed by atoms with Crippen molar-refractivity contribution in [2.75, 3.05) is 36.5 Å². The highest BCUT2D eigenvalue weighted by Gasteiger charge is 2.25. The van der Waals surface area contributed by atoms with Crippen molar-refractivity contribution in [3.8, 4) is 11.8 Å². The van der Waals surface area contributed by atoms with Crippen molar-refractivity contribution in [2.45, 2.75) is 24.3 Å². The van der Waals surface area contributed by atoms with Crippen LogP contribution in [-0.4, -0.2) is 52.2 Å². The lowest BCUT2D eigenvalue weighted by Gasteiger charge is -2.28. The van der Waals surface area contributed by atoms with Crippen LogP contribution < -0.4 is 10.2 Å². The van der Waals surface area contributed by atoms with Crippen molar-refractivity contribution in [3.05, 3.63) is 46.8 Å². The van der Waals surface area contributed by atoms with Gasteiger partial charge in [0.2, 0.25) is 11.9 Å². The molecule has 1 atom stereocenters. The summed E-state index contributed by atoms with van der Waals surface area (Å²) >= 11 is 2.68. The number of aromatic nitrogens is 3. The summed E-state index contributed by atoms with van der Waals surface area (Å²) in [6.45, 7) is 6.62. The number of thiophene rings is 1. The number of benzene rings is 1. The summed E-state index contributed by atoms with van der Waals surface area (Å²) in [5.74, 6) is 0.560. The lowest BCUT2D eigenvalue weighted by Crippen LogP contribution is -2.38. The van der Waals surface area contributed by atoms with E-state index in [1.807, 2.05) is 36.6 Å². The van der Waals surface area contributed by atoms with Crippen molar-refractivity contribution in [1.29, 1.82) is 5.26 Å². The minimum absolute atomic E-state index is 0.185. The van der Waals surface area contributed by atoms with Gasteiger partial charge < -0.3 is 15.0 Å². The maximum absolute atomic E-state index is 12.8. The number of thioether (sulfide) groups is 1. The Labute approximate surface area is 188 Å². The Morgan fingerprint density at radius 1 is 1.32 bits per heavy atom. The lowest BCUT2D eigenvalue weighted by molar-refractivity contribution is -0.115. The number of nitriles is 1. The number of nitrogens with zero attached hydrogens (tertiary/aromatic N) is 5. The van der Waals surface area contributed by atoms with Crippen LogP contribution >= 0.6 is 23.1 Å². The summed E-state index contributed by atoms with van der Waals surface area (Å²) in [4.78, 5) is 14.9. The second kappa shape index (κ2) is 9.51. The Morgan fingerprint density at radius 2 is 2.13 bits per heavy atom. The molecule has 2 aromatic heterocycles. The van der Waals surface area contributed by atoms with Gasteiger partial charge in [-0.2, -0.15) is 5.26 Å². The summed E-state index contributed by atoms with van der Waals surface area (Å²) < 4.78 is 7.48. The predicted molar refractivity (Wildman–Crippen MR) is 122 cm³/mol. The van der Waals surface area contributed by atoms with Gasteiger partial charge in [-0.3, -0.25) is 9.36 Å². The molecule has 0 spiro atoms. The molecule has 0 saturated carbocycles. The molecule has 0 aliphatic carbocycles. The van der Waals surface area contributed by atoms with Gasteiger partial charge in [0.25, 0.3) is 0 Å². The van der Waals surface area contributed by atoms with Crippen LogP contribution in [0.5, 0.6) is 0 Å². The van der Waals surface area contributed by atoms with Crippen LogP contribution in [0.25, 0.3) is 5.69 Å². The van der Waals surface area contributed by atoms with Crippen LogP contribution in [0.15, 0.2) is 40.9 Å². The summed E-state index contributed by atoms with van der Waals surface area (Å²) in [6.07, 6.45) is 0. The van der Waals surface area contributed by atoms with E-state index in [1.165, 1.54) is 23.1 Å². The normalized spacial score (nSPS) is 14.8. The van der Waals surface area contributed by atoms with Crippen molar-refractivity contribution in [1.82, 2.24) is 14.8 Å². The molecule has 0 radical (unpaired) electrons. The summed E-state index contributed by atoms with van der Waals surface area (Å²) in [5, 5.41) is 23.4. The third-order valence-corrected chi connectivity index (χ3v) is 6.72. The van der Waals surface area contributed by atoms with Gasteiger partial charge in [-0.25, -0.2) is 0 Å². The van der Waals surface area contributed by atoms with Crippen molar-refractivity contribution < 1.29 is 9.53 Å². The predicted octanol–water partition coefficient (Wildman–Crippen LogP) is 3.46. The van der Waals surface area contributed by atoms with Crippen molar-refractivity contribution in [3.63, 3.8) is 0 Å². The Balaban J connectivity index is 1.61. The fraction of sp³-hybridized carbons (Fsp3) is 0.333. The smallest absolute Gasteiger partial charge is 0.238 e. The molecule has 1 amide bonds. The number of carbonyl (C=O) groups is 1. The standard InChI is InChI=1S/C21H22N6O2S2/c1-14-4-3-5-17(12-14)27-20(26-7-9-29-10-8-26)24-25-21(27)31-15(2)18(28)23-19-16(13-22)6-11-30-19/h3-6,11-12,15H,7-10H2,1-2H3,(H,23,28). The molecule has 4 rings (SSSR count). The van der Waals surface area contributed by atoms with E-state index in [4.69, 9.17) is 4.74 Å². The molecule has 1 aliphatic heterocycles. The van der Waals surface area contributed by atoms with Crippen LogP contribution in [0.3, 0.4) is 0 Å². The SMILES string of the molecule is Cc1cccc(-n2c(SC(C)C(=O)Nc3sccc3C#N)nnc2N2CCOCC2)c1. The van der Waals surface area contributed by atoms with Gasteiger partial charge in [-0.15, -0.1) is 21.5 Å². The molecule has 3 heterocycles. The van der Waals surface area contributed by atoms with E-state index in [0.29, 0.717) is 28.9 Å². The summed E-state index contributed by atoms with van der Waals surface area (Å²) in [5.41, 5.74) is 2.54. The van der Waals surface area contributed by atoms with Crippen LogP contribution in [0, 0.1) is 18.3 Å². The second-order valence-corrected chi connectivity index (χ2v) is 9.31. The Morgan fingerprint density at radius 3 is 2.87 bits per heavy atom. The summed E-state index contributed by atoms with van der Waals surface area (Å²) in [6, 6.07) is 11.9. The molecule has 1 aromatic carbocycles. The Bertz CT molecular complexity index is 1110. The first-order valence-electron chi connectivity index (χ1n) is 9.87. The minimum Gasteiger partial charge on any atom is -0.378 e. The average molecular weight is 455 g/mol. The molecule has 1 fully saturated rings. The number of rotatable bonds is 6. The highest BCUT2D eigenvalue weighted by atomic mass is 32.2. The van der Waals surface area contributed by atoms with Crippen LogP contribution in [0.1, 0.15) is 18.1 Å². The van der Waals surface area contributed by atoms with E-state index in [0.717, 1.165) is 30.3 Å². The van der Waals surface area contributed by atoms with Gasteiger partial charge >= 0.3 is 0 Å². The number of ether oxygens (including phenoxy) is 1. The maximum Gasteiger partial charge on any atom is 0.238 e. The van der Waals surface area contributed by atoms with E-state index in [2.05, 4.69) is 32.5 Å². The summed E-state index contributed by atoms with van der Waals surface area (Å²) in [7, 11) is 0. The first-order chi connectivity index (χ1) is 15.1. The highest BCUT2D eigenvalue weighted by molar-refractivity contribution is 8.00. The van der Waals surface area contributed by atoms with Gasteiger partial charge in [0.1, 0.15) is 11.1 Å². The molecular formula is C21H22N6O2S2. The first-order valence-corrected chi connectivity index (χ1v) is 11.6. The number of nitrogens with one attached hydrogen (secondary N) is 1. The zero-order valence-corrected chi connectivity index (χ0v) is 18.9. The zero-order valence-electron chi connectivity index (χ0n) is 17.2. The molecule has 31 heavy (non-hydrogen) atoms. The molecule has 10 heteroatoms. The molecule has 8 nitrogen and oxygen atoms in total. The largest absolute Gasteiger partial charge is 0.378 e. The molecule has 1 unspecified atom stereocenters. The highest BCUT2D eigenvalue weighted by Crippen LogP contribution is 2.31. The lowest BCUT2D eigenvalue weighted by atomic mass is 10.2. The molecule has 1 N–H and O–H groups in total. The van der Waals surface area contributed by atoms with E-state index >= 15 is 0 Å². The molecule has 1 saturated heterocycles. The minimum atomic E-state index is -0.432. The first kappa shape index (κ1) is 21.4. The van der Waals surface area contributed by atoms with Crippen LogP contribution in [0.4, 0.5) is 10.9 Å². The third-order valence-electron chi connectivity index (χ3n) is 4.84. The number of hydrogen-bond donors (Lipinski definition) is 1. The van der Waals surface area contributed by atoms with Crippen molar-refractivity contribution in [2.24, 2.45) is 0 Å². The van der Waals surface area contributed by atoms with Gasteiger partial charge in [-0.05, 0) is 43.0 Å². The number of carbonyl (C=O) groups excluding carboxylic acids is 1. The van der Waals surface area contributed by atoms with E-state index in [1.54, 1.807) is 11.4 Å². The number of aryl methyl sites for hydroxylation is 1. The number of morpholine rings is 1. The topological polar surface area (TPSA) is 96.1 Å². The van der Waals surface area contributed by atoms with Crippen LogP contribution in [-0.2, 0) is 9.53 Å². The number of hydrogen-bond acceptors (Lipinski definition) is 8. The average Bonchev–Trinajstić information content (AvgIpc) is 3.41. The van der Waals surface area contributed by atoms with Gasteiger partial charge in [0, 0.05) is 13.1 Å². The molecule has 1 aliphatic rings. The Hall–Kier alpha value is -2.87. The quantitative estimate of drug-likeness (QED) is 0.570. The monoisotopic (exact) mass is 454 g/mol. The molecule has 160 valence electrons. The van der Waals surface area contributed by atoms with E-state index in [-0.39, 0.29) is 5.91 Å². The maximum atomic E-state index is 12.8. The Kier molecular flexibility index (Phi) is 6.56. The van der Waals surface area contributed by atoms with Gasteiger partial charge in [-0.1, -0.05) is 23.9 Å². The van der Waals surface area contributed by atoms with E-state index in [9.17, 15) is 10.1 Å². The molecule has 0 bridgehead atoms. The fourth-order valence-corrected chi connectivity index (χ4v) is 4.82. The zero-order chi connectivity index (χ0) is 21.8. The fourth-order valence-electron chi connectivity index (χ4n) is 3.22. The number of amides is 1. The second-order valence-electron chi connectivity index (χ2n) is 7.08. The number of anilines is 2. The third kappa shape index (κ3) is 4.74. The van der Waals surface area contributed by atoms with Gasteiger partial charge in [0.15, 0.2) is 5.16 Å². The van der Waals surface area contributed by atoms with Gasteiger partial charge in [0.05, 0.1) is 29.7 Å².